The lowest BCUT2D eigenvalue weighted by Gasteiger charge is -2.24. The third-order valence-corrected chi connectivity index (χ3v) is 6.73. The van der Waals surface area contributed by atoms with Gasteiger partial charge in [-0.15, -0.1) is 23.2 Å². The number of nitrogens with one attached hydrogen (secondary N) is 2. The summed E-state index contributed by atoms with van der Waals surface area (Å²) in [6.07, 6.45) is 0. The summed E-state index contributed by atoms with van der Waals surface area (Å²) in [5, 5.41) is 5.49. The van der Waals surface area contributed by atoms with Crippen LogP contribution in [0.1, 0.15) is 27.4 Å². The zero-order valence-corrected chi connectivity index (χ0v) is 21.4. The van der Waals surface area contributed by atoms with Crippen LogP contribution in [0.4, 0.5) is 20.2 Å². The molecule has 3 aromatic rings. The molecule has 0 aliphatic carbocycles. The lowest BCUT2D eigenvalue weighted by Crippen LogP contribution is -2.30. The average Bonchev–Trinajstić information content (AvgIpc) is 2.82. The fourth-order valence-electron chi connectivity index (χ4n) is 3.50. The second-order valence-electron chi connectivity index (χ2n) is 7.79. The molecule has 0 saturated heterocycles. The van der Waals surface area contributed by atoms with Gasteiger partial charge in [0.1, 0.15) is 11.6 Å². The molecule has 3 rings (SSSR count). The molecule has 0 fully saturated rings. The minimum absolute atomic E-state index is 0.0397. The predicted octanol–water partition coefficient (Wildman–Crippen LogP) is 7.65. The van der Waals surface area contributed by atoms with Crippen LogP contribution in [0.5, 0.6) is 0 Å². The van der Waals surface area contributed by atoms with Crippen LogP contribution in [-0.4, -0.2) is 23.6 Å². The van der Waals surface area contributed by atoms with Gasteiger partial charge in [-0.3, -0.25) is 9.59 Å². The van der Waals surface area contributed by atoms with Gasteiger partial charge in [0.2, 0.25) is 5.91 Å². The normalized spacial score (nSPS) is 12.7. The number of halogens is 6. The number of alkyl halides is 2. The van der Waals surface area contributed by atoms with Crippen LogP contribution >= 0.6 is 46.4 Å². The Morgan fingerprint density at radius 1 is 0.886 bits per heavy atom. The predicted molar refractivity (Wildman–Crippen MR) is 138 cm³/mol. The topological polar surface area (TPSA) is 58.2 Å². The van der Waals surface area contributed by atoms with Crippen molar-refractivity contribution in [3.8, 4) is 0 Å². The van der Waals surface area contributed by atoms with Crippen molar-refractivity contribution < 1.29 is 18.4 Å². The lowest BCUT2D eigenvalue weighted by atomic mass is 9.88. The molecule has 2 atom stereocenters. The second kappa shape index (κ2) is 12.0. The van der Waals surface area contributed by atoms with Gasteiger partial charge in [0, 0.05) is 29.1 Å². The van der Waals surface area contributed by atoms with Crippen molar-refractivity contribution in [2.24, 2.45) is 5.92 Å². The SMILES string of the molecule is Cc1cc(F)ccc1NC(=O)c1cc(NC(=O)C(CCl)C(CCl)c2ccc(F)c(Cl)c2)ccc1Cl. The Hall–Kier alpha value is -2.38. The molecule has 0 aliphatic rings. The van der Waals surface area contributed by atoms with Gasteiger partial charge >= 0.3 is 0 Å². The van der Waals surface area contributed by atoms with E-state index in [-0.39, 0.29) is 27.4 Å². The van der Waals surface area contributed by atoms with Gasteiger partial charge in [-0.05, 0) is 66.6 Å². The highest BCUT2D eigenvalue weighted by molar-refractivity contribution is 6.34. The van der Waals surface area contributed by atoms with Crippen LogP contribution in [0.25, 0.3) is 0 Å². The summed E-state index contributed by atoms with van der Waals surface area (Å²) in [6, 6.07) is 12.5. The van der Waals surface area contributed by atoms with E-state index in [9.17, 15) is 18.4 Å². The molecule has 184 valence electrons. The van der Waals surface area contributed by atoms with Crippen molar-refractivity contribution >= 4 is 69.6 Å². The van der Waals surface area contributed by atoms with E-state index >= 15 is 0 Å². The molecule has 2 amide bonds. The van der Waals surface area contributed by atoms with E-state index in [0.29, 0.717) is 22.5 Å². The number of hydrogen-bond acceptors (Lipinski definition) is 2. The van der Waals surface area contributed by atoms with Crippen LogP contribution in [0.3, 0.4) is 0 Å². The molecule has 0 radical (unpaired) electrons. The number of anilines is 2. The van der Waals surface area contributed by atoms with Gasteiger partial charge in [0.05, 0.1) is 21.5 Å². The zero-order chi connectivity index (χ0) is 25.7. The van der Waals surface area contributed by atoms with Gasteiger partial charge < -0.3 is 10.6 Å². The molecular formula is C25H20Cl4F2N2O2. The first-order chi connectivity index (χ1) is 16.6. The molecule has 0 bridgehead atoms. The average molecular weight is 560 g/mol. The van der Waals surface area contributed by atoms with Gasteiger partial charge in [0.15, 0.2) is 0 Å². The van der Waals surface area contributed by atoms with Crippen LogP contribution in [0.2, 0.25) is 10.0 Å². The highest BCUT2D eigenvalue weighted by Crippen LogP contribution is 2.32. The Labute approximate surface area is 221 Å². The molecule has 0 saturated carbocycles. The van der Waals surface area contributed by atoms with E-state index in [4.69, 9.17) is 46.4 Å². The third kappa shape index (κ3) is 6.64. The third-order valence-electron chi connectivity index (χ3n) is 5.44. The summed E-state index contributed by atoms with van der Waals surface area (Å²) < 4.78 is 26.9. The summed E-state index contributed by atoms with van der Waals surface area (Å²) in [4.78, 5) is 25.9. The van der Waals surface area contributed by atoms with E-state index in [1.807, 2.05) is 0 Å². The highest BCUT2D eigenvalue weighted by Gasteiger charge is 2.29. The smallest absolute Gasteiger partial charge is 0.257 e. The quantitative estimate of drug-likeness (QED) is 0.278. The van der Waals surface area contributed by atoms with Crippen molar-refractivity contribution in [2.75, 3.05) is 22.4 Å². The highest BCUT2D eigenvalue weighted by atomic mass is 35.5. The van der Waals surface area contributed by atoms with Crippen LogP contribution in [0.15, 0.2) is 54.6 Å². The first-order valence-electron chi connectivity index (χ1n) is 10.4. The fourth-order valence-corrected chi connectivity index (χ4v) is 4.64. The van der Waals surface area contributed by atoms with Gasteiger partial charge in [-0.25, -0.2) is 8.78 Å². The molecule has 4 nitrogen and oxygen atoms in total. The number of aryl methyl sites for hydroxylation is 1. The Morgan fingerprint density at radius 2 is 1.63 bits per heavy atom. The molecule has 3 aromatic carbocycles. The molecule has 0 spiro atoms. The monoisotopic (exact) mass is 558 g/mol. The standard InChI is InChI=1S/C25H20Cl4F2N2O2/c1-13-8-15(30)3-7-23(13)33-24(34)17-10-16(4-5-20(17)28)32-25(35)19(12-27)18(11-26)14-2-6-22(31)21(29)9-14/h2-10,18-19H,11-12H2,1H3,(H,32,35)(H,33,34). The van der Waals surface area contributed by atoms with Crippen molar-refractivity contribution in [1.29, 1.82) is 0 Å². The maximum absolute atomic E-state index is 13.6. The Morgan fingerprint density at radius 3 is 2.26 bits per heavy atom. The van der Waals surface area contributed by atoms with E-state index in [0.717, 1.165) is 0 Å². The lowest BCUT2D eigenvalue weighted by molar-refractivity contribution is -0.119. The molecule has 2 N–H and O–H groups in total. The maximum Gasteiger partial charge on any atom is 0.257 e. The number of hydrogen-bond donors (Lipinski definition) is 2. The molecular weight excluding hydrogens is 540 g/mol. The molecule has 2 unspecified atom stereocenters. The molecule has 0 aromatic heterocycles. The largest absolute Gasteiger partial charge is 0.326 e. The van der Waals surface area contributed by atoms with Gasteiger partial charge in [-0.2, -0.15) is 0 Å². The second-order valence-corrected chi connectivity index (χ2v) is 9.22. The summed E-state index contributed by atoms with van der Waals surface area (Å²) in [5.74, 6) is -3.33. The first-order valence-corrected chi connectivity index (χ1v) is 12.2. The molecule has 35 heavy (non-hydrogen) atoms. The molecule has 10 heteroatoms. The molecule has 0 heterocycles. The first kappa shape index (κ1) is 27.2. The number of carbonyl (C=O) groups excluding carboxylic acids is 2. The summed E-state index contributed by atoms with van der Waals surface area (Å²) in [5.41, 5.74) is 1.94. The van der Waals surface area contributed by atoms with E-state index < -0.39 is 35.3 Å². The van der Waals surface area contributed by atoms with E-state index in [1.54, 1.807) is 6.92 Å². The number of carbonyl (C=O) groups is 2. The minimum Gasteiger partial charge on any atom is -0.326 e. The maximum atomic E-state index is 13.6. The number of benzene rings is 3. The van der Waals surface area contributed by atoms with Gasteiger partial charge in [-0.1, -0.05) is 29.3 Å². The van der Waals surface area contributed by atoms with Crippen LogP contribution < -0.4 is 10.6 Å². The Bertz CT molecular complexity index is 1260. The number of amides is 2. The summed E-state index contributed by atoms with van der Waals surface area (Å²) in [7, 11) is 0. The van der Waals surface area contributed by atoms with Crippen LogP contribution in [-0.2, 0) is 4.79 Å². The Kier molecular flexibility index (Phi) is 9.36. The minimum atomic E-state index is -0.773. The van der Waals surface area contributed by atoms with E-state index in [2.05, 4.69) is 10.6 Å². The fraction of sp³-hybridized carbons (Fsp3) is 0.200. The summed E-state index contributed by atoms with van der Waals surface area (Å²) in [6.45, 7) is 1.66. The summed E-state index contributed by atoms with van der Waals surface area (Å²) >= 11 is 24.3. The molecule has 0 aliphatic heterocycles. The van der Waals surface area contributed by atoms with E-state index in [1.165, 1.54) is 54.6 Å². The van der Waals surface area contributed by atoms with Crippen molar-refractivity contribution in [2.45, 2.75) is 12.8 Å². The van der Waals surface area contributed by atoms with Crippen molar-refractivity contribution in [1.82, 2.24) is 0 Å². The number of rotatable bonds is 8. The van der Waals surface area contributed by atoms with Crippen LogP contribution in [0, 0.1) is 24.5 Å². The zero-order valence-electron chi connectivity index (χ0n) is 18.3. The van der Waals surface area contributed by atoms with Crippen molar-refractivity contribution in [3.63, 3.8) is 0 Å². The Balaban J connectivity index is 1.80. The van der Waals surface area contributed by atoms with Crippen molar-refractivity contribution in [3.05, 3.63) is 93.0 Å². The van der Waals surface area contributed by atoms with Gasteiger partial charge in [0.25, 0.3) is 5.91 Å².